The molecule has 0 radical (unpaired) electrons. The molecule has 0 saturated heterocycles. The molecule has 0 bridgehead atoms. The first-order valence-corrected chi connectivity index (χ1v) is 32.3. The molecule has 0 fully saturated rings. The normalized spacial score (nSPS) is 13.4. The Bertz CT molecular complexity index is 1900. The maximum Gasteiger partial charge on any atom is 0.306 e. The van der Waals surface area contributed by atoms with Crippen LogP contribution in [0.25, 0.3) is 0 Å². The number of rotatable bonds is 56. The lowest BCUT2D eigenvalue weighted by atomic mass is 10.1. The van der Waals surface area contributed by atoms with Gasteiger partial charge in [0.2, 0.25) is 0 Å². The molecule has 0 spiro atoms. The first-order valence-electron chi connectivity index (χ1n) is 32.3. The van der Waals surface area contributed by atoms with Crippen molar-refractivity contribution in [2.75, 3.05) is 13.2 Å². The van der Waals surface area contributed by atoms with Gasteiger partial charge in [0.1, 0.15) is 13.2 Å². The minimum Gasteiger partial charge on any atom is -0.462 e. The van der Waals surface area contributed by atoms with E-state index in [2.05, 4.69) is 203 Å². The van der Waals surface area contributed by atoms with Crippen LogP contribution < -0.4 is 0 Å². The third-order valence-electron chi connectivity index (χ3n) is 12.9. The molecule has 0 heterocycles. The standard InChI is InChI=1S/C75H116O6/c1-4-7-10-13-16-19-22-25-27-28-29-30-31-32-33-34-35-36-37-38-39-40-41-42-43-44-45-46-48-50-53-56-59-62-65-68-74(77)80-71-72(70-79-73(76)67-64-61-58-55-52-49-24-21-18-15-12-9-6-3)81-75(78)69-66-63-60-57-54-51-47-26-23-20-17-14-11-8-5-2/h7-8,10-11,16-17,19-21,24-27,29-30,32-33,35-36,38-39,41-42,44-45,47-48,50,54,57,72H,4-6,9,12-15,18,22-23,28,31,34,37,40,43,46,49,51-53,55-56,58-71H2,1-3H3/b10-7-,11-8-,19-16-,20-17-,24-21-,27-25-,30-29-,33-32-,36-35-,39-38-,42-41-,45-44-,47-26-,50-48-,57-54-. The molecule has 0 rings (SSSR count). The van der Waals surface area contributed by atoms with Crippen LogP contribution in [0.5, 0.6) is 0 Å². The highest BCUT2D eigenvalue weighted by atomic mass is 16.6. The highest BCUT2D eigenvalue weighted by molar-refractivity contribution is 5.71. The van der Waals surface area contributed by atoms with Gasteiger partial charge >= 0.3 is 17.9 Å². The Morgan fingerprint density at radius 3 is 0.790 bits per heavy atom. The monoisotopic (exact) mass is 1110 g/mol. The number of hydrogen-bond acceptors (Lipinski definition) is 6. The Morgan fingerprint density at radius 1 is 0.259 bits per heavy atom. The van der Waals surface area contributed by atoms with Gasteiger partial charge in [-0.3, -0.25) is 14.4 Å². The molecule has 452 valence electrons. The average Bonchev–Trinajstić information content (AvgIpc) is 3.46. The fourth-order valence-electron chi connectivity index (χ4n) is 8.10. The molecule has 6 heteroatoms. The van der Waals surface area contributed by atoms with E-state index in [1.54, 1.807) is 0 Å². The summed E-state index contributed by atoms with van der Waals surface area (Å²) in [4.78, 5) is 38.2. The lowest BCUT2D eigenvalue weighted by Crippen LogP contribution is -2.30. The van der Waals surface area contributed by atoms with Crippen molar-refractivity contribution in [2.45, 2.75) is 258 Å². The first kappa shape index (κ1) is 75.5. The minimum atomic E-state index is -0.824. The Kier molecular flexibility index (Phi) is 62.5. The Hall–Kier alpha value is -5.49. The van der Waals surface area contributed by atoms with Crippen molar-refractivity contribution >= 4 is 17.9 Å². The zero-order valence-corrected chi connectivity index (χ0v) is 51.7. The summed E-state index contributed by atoms with van der Waals surface area (Å²) in [6.45, 7) is 6.32. The predicted octanol–water partition coefficient (Wildman–Crippen LogP) is 22.4. The number of hydrogen-bond donors (Lipinski definition) is 0. The van der Waals surface area contributed by atoms with Gasteiger partial charge in [-0.15, -0.1) is 0 Å². The van der Waals surface area contributed by atoms with E-state index in [0.717, 1.165) is 167 Å². The number of carbonyl (C=O) groups excluding carboxylic acids is 3. The molecule has 0 N–H and O–H groups in total. The van der Waals surface area contributed by atoms with Gasteiger partial charge in [0.15, 0.2) is 6.10 Å². The van der Waals surface area contributed by atoms with Crippen LogP contribution in [0.1, 0.15) is 252 Å². The summed E-state index contributed by atoms with van der Waals surface area (Å²) in [5.74, 6) is -1.000. The van der Waals surface area contributed by atoms with Crippen LogP contribution in [-0.2, 0) is 28.6 Å². The smallest absolute Gasteiger partial charge is 0.306 e. The van der Waals surface area contributed by atoms with Crippen LogP contribution in [0.2, 0.25) is 0 Å². The fourth-order valence-corrected chi connectivity index (χ4v) is 8.10. The average molecular weight is 1110 g/mol. The van der Waals surface area contributed by atoms with E-state index in [4.69, 9.17) is 14.2 Å². The molecule has 0 aromatic carbocycles. The van der Waals surface area contributed by atoms with Gasteiger partial charge in [0.25, 0.3) is 0 Å². The number of esters is 3. The van der Waals surface area contributed by atoms with Crippen LogP contribution >= 0.6 is 0 Å². The maximum atomic E-state index is 12.9. The zero-order chi connectivity index (χ0) is 58.5. The molecule has 6 nitrogen and oxygen atoms in total. The van der Waals surface area contributed by atoms with Crippen molar-refractivity contribution in [3.63, 3.8) is 0 Å². The van der Waals surface area contributed by atoms with Crippen LogP contribution in [-0.4, -0.2) is 37.2 Å². The predicted molar refractivity (Wildman–Crippen MR) is 352 cm³/mol. The first-order chi connectivity index (χ1) is 40.0. The van der Waals surface area contributed by atoms with E-state index in [-0.39, 0.29) is 37.5 Å². The molecule has 81 heavy (non-hydrogen) atoms. The van der Waals surface area contributed by atoms with E-state index in [1.165, 1.54) is 38.5 Å². The molecular weight excluding hydrogens is 997 g/mol. The van der Waals surface area contributed by atoms with Crippen LogP contribution in [0, 0.1) is 0 Å². The van der Waals surface area contributed by atoms with Crippen molar-refractivity contribution in [3.05, 3.63) is 182 Å². The molecule has 0 aliphatic rings. The second-order valence-corrected chi connectivity index (χ2v) is 20.5. The maximum absolute atomic E-state index is 12.9. The summed E-state index contributed by atoms with van der Waals surface area (Å²) in [7, 11) is 0. The van der Waals surface area contributed by atoms with Gasteiger partial charge in [-0.05, 0) is 161 Å². The number of allylic oxidation sites excluding steroid dienone is 30. The number of carbonyl (C=O) groups is 3. The van der Waals surface area contributed by atoms with Crippen LogP contribution in [0.15, 0.2) is 182 Å². The molecule has 0 amide bonds. The SMILES string of the molecule is CC/C=C\C/C=C\C/C=C\C/C=C\C/C=C\C/C=C\C/C=C\C/C=C\C/C=C\C/C=C\CCCCCCC(=O)OCC(COC(=O)CCCCCCC/C=C\CCCCCC)OC(=O)CCCC/C=C\C/C=C\C/C=C\C/C=C\CC. The zero-order valence-electron chi connectivity index (χ0n) is 51.7. The topological polar surface area (TPSA) is 78.9 Å². The third kappa shape index (κ3) is 65.2. The summed E-state index contributed by atoms with van der Waals surface area (Å²) in [5.41, 5.74) is 0. The van der Waals surface area contributed by atoms with Gasteiger partial charge in [0.05, 0.1) is 0 Å². The van der Waals surface area contributed by atoms with Crippen molar-refractivity contribution < 1.29 is 28.6 Å². The summed E-state index contributed by atoms with van der Waals surface area (Å²) in [6.07, 6.45) is 100. The Balaban J connectivity index is 4.37. The lowest BCUT2D eigenvalue weighted by molar-refractivity contribution is -0.167. The van der Waals surface area contributed by atoms with E-state index < -0.39 is 6.10 Å². The minimum absolute atomic E-state index is 0.115. The van der Waals surface area contributed by atoms with Crippen LogP contribution in [0.4, 0.5) is 0 Å². The summed E-state index contributed by atoms with van der Waals surface area (Å²) in [6, 6.07) is 0. The highest BCUT2D eigenvalue weighted by Gasteiger charge is 2.19. The van der Waals surface area contributed by atoms with E-state index in [1.807, 2.05) is 0 Å². The van der Waals surface area contributed by atoms with E-state index in [0.29, 0.717) is 19.3 Å². The summed E-state index contributed by atoms with van der Waals surface area (Å²) in [5, 5.41) is 0. The van der Waals surface area contributed by atoms with Gasteiger partial charge in [-0.25, -0.2) is 0 Å². The molecule has 1 atom stereocenters. The molecule has 1 unspecified atom stereocenters. The molecule has 0 aromatic rings. The second kappa shape index (κ2) is 67.0. The summed E-state index contributed by atoms with van der Waals surface area (Å²) >= 11 is 0. The number of unbranched alkanes of at least 4 members (excludes halogenated alkanes) is 15. The summed E-state index contributed by atoms with van der Waals surface area (Å²) < 4.78 is 16.8. The van der Waals surface area contributed by atoms with Crippen molar-refractivity contribution in [1.29, 1.82) is 0 Å². The van der Waals surface area contributed by atoms with Crippen molar-refractivity contribution in [2.24, 2.45) is 0 Å². The van der Waals surface area contributed by atoms with Crippen molar-refractivity contribution in [3.8, 4) is 0 Å². The van der Waals surface area contributed by atoms with E-state index >= 15 is 0 Å². The third-order valence-corrected chi connectivity index (χ3v) is 12.9. The lowest BCUT2D eigenvalue weighted by Gasteiger charge is -2.18. The van der Waals surface area contributed by atoms with Crippen molar-refractivity contribution in [1.82, 2.24) is 0 Å². The Labute approximate surface area is 497 Å². The number of ether oxygens (including phenoxy) is 3. The molecule has 0 aliphatic heterocycles. The van der Waals surface area contributed by atoms with E-state index in [9.17, 15) is 14.4 Å². The fraction of sp³-hybridized carbons (Fsp3) is 0.560. The van der Waals surface area contributed by atoms with Gasteiger partial charge in [-0.2, -0.15) is 0 Å². The molecule has 0 aromatic heterocycles. The van der Waals surface area contributed by atoms with Gasteiger partial charge in [0, 0.05) is 19.3 Å². The quantitative estimate of drug-likeness (QED) is 0.0261. The van der Waals surface area contributed by atoms with Gasteiger partial charge < -0.3 is 14.2 Å². The second-order valence-electron chi connectivity index (χ2n) is 20.5. The van der Waals surface area contributed by atoms with Crippen LogP contribution in [0.3, 0.4) is 0 Å². The Morgan fingerprint density at radius 2 is 0.481 bits per heavy atom. The highest BCUT2D eigenvalue weighted by Crippen LogP contribution is 2.13. The molecular formula is C75H116O6. The van der Waals surface area contributed by atoms with Gasteiger partial charge in [-0.1, -0.05) is 254 Å². The molecule has 0 aliphatic carbocycles. The largest absolute Gasteiger partial charge is 0.462 e. The molecule has 0 saturated carbocycles.